The Bertz CT molecular complexity index is 1030. The van der Waals surface area contributed by atoms with Gasteiger partial charge in [-0.25, -0.2) is 0 Å². The van der Waals surface area contributed by atoms with Crippen molar-refractivity contribution in [1.82, 2.24) is 0 Å². The molecule has 1 saturated heterocycles. The van der Waals surface area contributed by atoms with Crippen LogP contribution in [-0.4, -0.2) is 50.3 Å². The van der Waals surface area contributed by atoms with Crippen molar-refractivity contribution < 1.29 is 9.47 Å². The van der Waals surface area contributed by atoms with E-state index in [1.165, 1.54) is 27.4 Å². The minimum absolute atomic E-state index is 0.205. The van der Waals surface area contributed by atoms with Gasteiger partial charge in [-0.15, -0.1) is 7.92 Å². The molecule has 5 heteroatoms. The van der Waals surface area contributed by atoms with Crippen LogP contribution >= 0.6 is 23.8 Å². The van der Waals surface area contributed by atoms with Gasteiger partial charge in [0.1, 0.15) is 0 Å². The molecule has 0 aliphatic carbocycles. The summed E-state index contributed by atoms with van der Waals surface area (Å²) in [6.07, 6.45) is 3.88. The zero-order chi connectivity index (χ0) is 25.5. The van der Waals surface area contributed by atoms with Crippen molar-refractivity contribution in [3.05, 3.63) is 121 Å². The molecule has 0 spiro atoms. The van der Waals surface area contributed by atoms with E-state index in [0.29, 0.717) is 5.40 Å². The van der Waals surface area contributed by atoms with Gasteiger partial charge < -0.3 is 9.47 Å². The lowest BCUT2D eigenvalue weighted by molar-refractivity contribution is -0.00461. The molecule has 1 fully saturated rings. The number of rotatable bonds is 10. The molecule has 0 bridgehead atoms. The Labute approximate surface area is 225 Å². The highest BCUT2D eigenvalue weighted by Crippen LogP contribution is 2.61. The van der Waals surface area contributed by atoms with Crippen LogP contribution in [0.1, 0.15) is 0 Å². The summed E-state index contributed by atoms with van der Waals surface area (Å²) in [5, 5.41) is 6.38. The molecule has 1 aliphatic rings. The average molecular weight is 545 g/mol. The molecule has 0 saturated carbocycles. The molecule has 190 valence electrons. The first kappa shape index (κ1) is 26.7. The molecule has 0 aromatic heterocycles. The zero-order valence-electron chi connectivity index (χ0n) is 21.6. The Morgan fingerprint density at radius 1 is 0.568 bits per heavy atom. The molecule has 4 aromatic carbocycles. The molecular formula is C32H35O2P3. The standard InChI is InChI=1S/C32H35O2P3/c1-33-30-23-35(24-31(30)34-2)25-32(36(26-15-7-3-8-16-26)27-17-9-4-10-18-27)37(28-19-11-5-12-20-28)29-21-13-6-14-22-29/h3-22,30-32H,23-25H2,1-2H3/t30-,31-/m0/s1. The maximum Gasteiger partial charge on any atom is 0.0875 e. The first-order valence-electron chi connectivity index (χ1n) is 12.8. The van der Waals surface area contributed by atoms with Crippen LogP contribution in [0, 0.1) is 0 Å². The van der Waals surface area contributed by atoms with Crippen LogP contribution in [0.25, 0.3) is 0 Å². The molecule has 0 amide bonds. The monoisotopic (exact) mass is 544 g/mol. The zero-order valence-corrected chi connectivity index (χ0v) is 24.2. The molecule has 2 atom stereocenters. The van der Waals surface area contributed by atoms with Crippen molar-refractivity contribution in [3.8, 4) is 0 Å². The Morgan fingerprint density at radius 3 is 1.14 bits per heavy atom. The second-order valence-corrected chi connectivity index (χ2v) is 17.0. The van der Waals surface area contributed by atoms with Crippen LogP contribution in [0.3, 0.4) is 0 Å². The van der Waals surface area contributed by atoms with Gasteiger partial charge in [0, 0.05) is 19.6 Å². The fourth-order valence-corrected chi connectivity index (χ4v) is 17.1. The molecular weight excluding hydrogens is 509 g/mol. The van der Waals surface area contributed by atoms with Crippen LogP contribution < -0.4 is 21.2 Å². The average Bonchev–Trinajstić information content (AvgIpc) is 3.37. The fourth-order valence-electron chi connectivity index (χ4n) is 5.27. The van der Waals surface area contributed by atoms with Crippen molar-refractivity contribution in [1.29, 1.82) is 0 Å². The second-order valence-electron chi connectivity index (χ2n) is 9.33. The molecule has 1 heterocycles. The molecule has 37 heavy (non-hydrogen) atoms. The minimum Gasteiger partial charge on any atom is -0.378 e. The predicted molar refractivity (Wildman–Crippen MR) is 165 cm³/mol. The maximum atomic E-state index is 5.89. The third kappa shape index (κ3) is 6.40. The second kappa shape index (κ2) is 13.2. The fraction of sp³-hybridized carbons (Fsp3) is 0.250. The summed E-state index contributed by atoms with van der Waals surface area (Å²) in [6.45, 7) is 0. The molecule has 5 rings (SSSR count). The Morgan fingerprint density at radius 2 is 0.865 bits per heavy atom. The Kier molecular flexibility index (Phi) is 9.55. The summed E-state index contributed by atoms with van der Waals surface area (Å²) >= 11 is 0. The first-order chi connectivity index (χ1) is 18.3. The highest BCUT2D eigenvalue weighted by Gasteiger charge is 2.40. The SMILES string of the molecule is CO[C@H]1CP(CC(P(c2ccccc2)c2ccccc2)P(c2ccccc2)c2ccccc2)C[C@@H]1OC. The van der Waals surface area contributed by atoms with Crippen molar-refractivity contribution in [3.63, 3.8) is 0 Å². The first-order valence-corrected chi connectivity index (χ1v) is 17.6. The van der Waals surface area contributed by atoms with Crippen LogP contribution in [0.15, 0.2) is 121 Å². The van der Waals surface area contributed by atoms with Gasteiger partial charge in [-0.05, 0) is 55.5 Å². The number of hydrogen-bond donors (Lipinski definition) is 0. The summed E-state index contributed by atoms with van der Waals surface area (Å²) in [4.78, 5) is 0. The van der Waals surface area contributed by atoms with Gasteiger partial charge in [0.15, 0.2) is 0 Å². The van der Waals surface area contributed by atoms with Crippen LogP contribution in [0.4, 0.5) is 0 Å². The van der Waals surface area contributed by atoms with E-state index in [9.17, 15) is 0 Å². The van der Waals surface area contributed by atoms with Crippen LogP contribution in [0.2, 0.25) is 0 Å². The maximum absolute atomic E-state index is 5.89. The summed E-state index contributed by atoms with van der Waals surface area (Å²) < 4.78 is 11.8. The topological polar surface area (TPSA) is 18.5 Å². The summed E-state index contributed by atoms with van der Waals surface area (Å²) in [6, 6.07) is 45.1. The van der Waals surface area contributed by atoms with Gasteiger partial charge in [0.2, 0.25) is 0 Å². The van der Waals surface area contributed by atoms with Gasteiger partial charge in [0.05, 0.1) is 12.2 Å². The van der Waals surface area contributed by atoms with E-state index in [1.54, 1.807) is 0 Å². The lowest BCUT2D eigenvalue weighted by Gasteiger charge is -2.37. The molecule has 4 aromatic rings. The van der Waals surface area contributed by atoms with Crippen LogP contribution in [-0.2, 0) is 9.47 Å². The molecule has 1 aliphatic heterocycles. The van der Waals surface area contributed by atoms with Gasteiger partial charge in [-0.2, -0.15) is 0 Å². The molecule has 0 N–H and O–H groups in total. The van der Waals surface area contributed by atoms with E-state index >= 15 is 0 Å². The van der Waals surface area contributed by atoms with Gasteiger partial charge in [0.25, 0.3) is 0 Å². The van der Waals surface area contributed by atoms with E-state index in [2.05, 4.69) is 121 Å². The van der Waals surface area contributed by atoms with E-state index in [4.69, 9.17) is 9.47 Å². The van der Waals surface area contributed by atoms with Crippen molar-refractivity contribution in [2.75, 3.05) is 32.7 Å². The van der Waals surface area contributed by atoms with Crippen LogP contribution in [0.5, 0.6) is 0 Å². The van der Waals surface area contributed by atoms with Gasteiger partial charge >= 0.3 is 0 Å². The van der Waals surface area contributed by atoms with Crippen molar-refractivity contribution in [2.24, 2.45) is 0 Å². The molecule has 0 unspecified atom stereocenters. The quantitative estimate of drug-likeness (QED) is 0.225. The normalized spacial score (nSPS) is 18.2. The molecule has 2 nitrogen and oxygen atoms in total. The smallest absolute Gasteiger partial charge is 0.0875 e. The van der Waals surface area contributed by atoms with E-state index in [0.717, 1.165) is 12.3 Å². The summed E-state index contributed by atoms with van der Waals surface area (Å²) in [5.74, 6) is 0. The highest BCUT2D eigenvalue weighted by atomic mass is 31.2. The van der Waals surface area contributed by atoms with Gasteiger partial charge in [-0.3, -0.25) is 0 Å². The predicted octanol–water partition coefficient (Wildman–Crippen LogP) is 6.10. The largest absolute Gasteiger partial charge is 0.378 e. The number of methoxy groups -OCH3 is 2. The third-order valence-corrected chi connectivity index (χ3v) is 16.6. The lowest BCUT2D eigenvalue weighted by atomic mass is 10.3. The van der Waals surface area contributed by atoms with E-state index < -0.39 is 15.8 Å². The van der Waals surface area contributed by atoms with Crippen molar-refractivity contribution in [2.45, 2.75) is 17.6 Å². The minimum atomic E-state index is -0.591. The van der Waals surface area contributed by atoms with E-state index in [1.807, 2.05) is 14.2 Å². The van der Waals surface area contributed by atoms with E-state index in [-0.39, 0.29) is 20.1 Å². The van der Waals surface area contributed by atoms with Crippen molar-refractivity contribution >= 4 is 45.0 Å². The molecule has 0 radical (unpaired) electrons. The number of hydrogen-bond acceptors (Lipinski definition) is 2. The number of ether oxygens (including phenoxy) is 2. The Hall–Kier alpha value is -1.91. The number of benzene rings is 4. The van der Waals surface area contributed by atoms with Gasteiger partial charge in [-0.1, -0.05) is 121 Å². The summed E-state index contributed by atoms with van der Waals surface area (Å²) in [7, 11) is 2.28. The lowest BCUT2D eigenvalue weighted by Crippen LogP contribution is -2.29. The third-order valence-electron chi connectivity index (χ3n) is 7.05. The summed E-state index contributed by atoms with van der Waals surface area (Å²) in [5.41, 5.74) is 0. The highest BCUT2D eigenvalue weighted by molar-refractivity contribution is 7.90. The Balaban J connectivity index is 1.65.